The van der Waals surface area contributed by atoms with Crippen LogP contribution >= 0.6 is 11.8 Å². The summed E-state index contributed by atoms with van der Waals surface area (Å²) < 4.78 is 2.05. The van der Waals surface area contributed by atoms with Crippen LogP contribution in [-0.4, -0.2) is 25.8 Å². The van der Waals surface area contributed by atoms with E-state index < -0.39 is 0 Å². The number of ketones is 1. The summed E-state index contributed by atoms with van der Waals surface area (Å²) in [5.41, 5.74) is 2.91. The molecule has 0 bridgehead atoms. The molecule has 128 valence electrons. The molecule has 1 heterocycles. The summed E-state index contributed by atoms with van der Waals surface area (Å²) in [4.78, 5) is 12.7. The smallest absolute Gasteiger partial charge is 0.192 e. The maximum Gasteiger partial charge on any atom is 0.192 e. The average molecular weight is 351 g/mol. The zero-order valence-electron chi connectivity index (χ0n) is 14.6. The van der Waals surface area contributed by atoms with E-state index in [4.69, 9.17) is 0 Å². The molecule has 0 saturated carbocycles. The number of aryl methyl sites for hydroxylation is 1. The van der Waals surface area contributed by atoms with Crippen molar-refractivity contribution in [1.82, 2.24) is 14.8 Å². The highest BCUT2D eigenvalue weighted by Gasteiger charge is 2.21. The van der Waals surface area contributed by atoms with Crippen molar-refractivity contribution in [2.24, 2.45) is 0 Å². The fourth-order valence-electron chi connectivity index (χ4n) is 2.63. The molecule has 25 heavy (non-hydrogen) atoms. The molecule has 1 aromatic heterocycles. The average Bonchev–Trinajstić information content (AvgIpc) is 3.05. The summed E-state index contributed by atoms with van der Waals surface area (Å²) >= 11 is 1.46. The molecule has 0 fully saturated rings. The minimum absolute atomic E-state index is 0.108. The van der Waals surface area contributed by atoms with Crippen LogP contribution in [0.1, 0.15) is 29.8 Å². The van der Waals surface area contributed by atoms with E-state index in [9.17, 15) is 4.79 Å². The molecule has 0 N–H and O–H groups in total. The van der Waals surface area contributed by atoms with Gasteiger partial charge in [0, 0.05) is 17.7 Å². The number of hydrogen-bond donors (Lipinski definition) is 0. The molecule has 4 nitrogen and oxygen atoms in total. The molecule has 0 amide bonds. The van der Waals surface area contributed by atoms with E-state index in [-0.39, 0.29) is 11.0 Å². The fraction of sp³-hybridized carbons (Fsp3) is 0.250. The van der Waals surface area contributed by atoms with Crippen molar-refractivity contribution in [3.63, 3.8) is 0 Å². The van der Waals surface area contributed by atoms with Gasteiger partial charge in [0.05, 0.1) is 5.25 Å². The highest BCUT2D eigenvalue weighted by Crippen LogP contribution is 2.28. The second kappa shape index (κ2) is 7.66. The number of carbonyl (C=O) groups excluding carboxylic acids is 1. The Bertz CT molecular complexity index is 856. The van der Waals surface area contributed by atoms with Gasteiger partial charge in [-0.2, -0.15) is 0 Å². The lowest BCUT2D eigenvalue weighted by molar-refractivity contribution is 0.0994. The SMILES string of the molecule is CCn1c(S[C@@H](C)C(=O)c2ccc(C)cc2)nnc1-c1ccccc1. The lowest BCUT2D eigenvalue weighted by Crippen LogP contribution is -2.14. The van der Waals surface area contributed by atoms with Crippen LogP contribution in [-0.2, 0) is 6.54 Å². The van der Waals surface area contributed by atoms with Gasteiger partial charge in [-0.15, -0.1) is 10.2 Å². The molecule has 0 aliphatic heterocycles. The Kier molecular flexibility index (Phi) is 5.34. The van der Waals surface area contributed by atoms with E-state index in [1.54, 1.807) is 0 Å². The molecule has 2 aromatic carbocycles. The first kappa shape index (κ1) is 17.4. The Hall–Kier alpha value is -2.40. The zero-order valence-corrected chi connectivity index (χ0v) is 15.5. The minimum Gasteiger partial charge on any atom is -0.302 e. The van der Waals surface area contributed by atoms with E-state index >= 15 is 0 Å². The van der Waals surface area contributed by atoms with Crippen molar-refractivity contribution in [2.45, 2.75) is 37.7 Å². The standard InChI is InChI=1S/C20H21N3OS/c1-4-23-19(17-8-6-5-7-9-17)21-22-20(23)25-15(3)18(24)16-12-10-14(2)11-13-16/h5-13,15H,4H2,1-3H3/t15-/m0/s1. The third-order valence-electron chi connectivity index (χ3n) is 4.05. The number of carbonyl (C=O) groups is 1. The second-order valence-corrected chi connectivity index (χ2v) is 7.21. The van der Waals surface area contributed by atoms with Gasteiger partial charge in [0.15, 0.2) is 16.8 Å². The third-order valence-corrected chi connectivity index (χ3v) is 5.13. The van der Waals surface area contributed by atoms with Gasteiger partial charge in [0.25, 0.3) is 0 Å². The number of benzene rings is 2. The Morgan fingerprint density at radius 1 is 1.08 bits per heavy atom. The van der Waals surface area contributed by atoms with Crippen LogP contribution in [0.25, 0.3) is 11.4 Å². The zero-order chi connectivity index (χ0) is 17.8. The topological polar surface area (TPSA) is 47.8 Å². The molecule has 0 radical (unpaired) electrons. The van der Waals surface area contributed by atoms with Gasteiger partial charge in [0.2, 0.25) is 0 Å². The summed E-state index contributed by atoms with van der Waals surface area (Å²) in [6, 6.07) is 17.7. The summed E-state index contributed by atoms with van der Waals surface area (Å²) in [7, 11) is 0. The molecule has 0 saturated heterocycles. The molecule has 1 atom stereocenters. The number of thioether (sulfide) groups is 1. The van der Waals surface area contributed by atoms with Gasteiger partial charge in [-0.05, 0) is 20.8 Å². The first-order valence-corrected chi connectivity index (χ1v) is 9.24. The molecule has 3 rings (SSSR count). The van der Waals surface area contributed by atoms with Crippen LogP contribution in [0.4, 0.5) is 0 Å². The Balaban J connectivity index is 1.82. The van der Waals surface area contributed by atoms with Crippen molar-refractivity contribution in [1.29, 1.82) is 0 Å². The Labute approximate surface area is 152 Å². The van der Waals surface area contributed by atoms with Crippen molar-refractivity contribution in [3.05, 3.63) is 65.7 Å². The van der Waals surface area contributed by atoms with Crippen molar-refractivity contribution in [3.8, 4) is 11.4 Å². The first-order valence-electron chi connectivity index (χ1n) is 8.36. The van der Waals surface area contributed by atoms with Crippen LogP contribution in [0, 0.1) is 6.92 Å². The predicted molar refractivity (Wildman–Crippen MR) is 102 cm³/mol. The largest absolute Gasteiger partial charge is 0.302 e. The molecule has 0 unspecified atom stereocenters. The molecule has 5 heteroatoms. The predicted octanol–water partition coefficient (Wildman–Crippen LogP) is 4.64. The van der Waals surface area contributed by atoms with Gasteiger partial charge in [-0.1, -0.05) is 71.9 Å². The summed E-state index contributed by atoms with van der Waals surface area (Å²) in [5, 5.41) is 9.20. The van der Waals surface area contributed by atoms with Crippen LogP contribution in [0.5, 0.6) is 0 Å². The molecule has 3 aromatic rings. The maximum absolute atomic E-state index is 12.7. The molecule has 0 aliphatic rings. The van der Waals surface area contributed by atoms with Crippen LogP contribution in [0.2, 0.25) is 0 Å². The quantitative estimate of drug-likeness (QED) is 0.479. The van der Waals surface area contributed by atoms with Crippen molar-refractivity contribution >= 4 is 17.5 Å². The fourth-order valence-corrected chi connectivity index (χ4v) is 3.62. The Morgan fingerprint density at radius 3 is 2.40 bits per heavy atom. The van der Waals surface area contributed by atoms with E-state index in [1.807, 2.05) is 68.4 Å². The molecular formula is C20H21N3OS. The van der Waals surface area contributed by atoms with Crippen LogP contribution in [0.3, 0.4) is 0 Å². The summed E-state index contributed by atoms with van der Waals surface area (Å²) in [6.45, 7) is 6.75. The van der Waals surface area contributed by atoms with Gasteiger partial charge >= 0.3 is 0 Å². The highest BCUT2D eigenvalue weighted by molar-refractivity contribution is 8.00. The monoisotopic (exact) mass is 351 g/mol. The lowest BCUT2D eigenvalue weighted by Gasteiger charge is -2.12. The van der Waals surface area contributed by atoms with Crippen molar-refractivity contribution in [2.75, 3.05) is 0 Å². The number of aromatic nitrogens is 3. The minimum atomic E-state index is -0.221. The van der Waals surface area contributed by atoms with E-state index in [0.717, 1.165) is 34.2 Å². The normalized spacial score (nSPS) is 12.1. The molecular weight excluding hydrogens is 330 g/mol. The van der Waals surface area contributed by atoms with Crippen molar-refractivity contribution < 1.29 is 4.79 Å². The second-order valence-electron chi connectivity index (χ2n) is 5.91. The first-order chi connectivity index (χ1) is 12.1. The lowest BCUT2D eigenvalue weighted by atomic mass is 10.1. The third kappa shape index (κ3) is 3.82. The number of Topliss-reactive ketones (excluding diaryl/α,β-unsaturated/α-hetero) is 1. The van der Waals surface area contributed by atoms with E-state index in [2.05, 4.69) is 21.7 Å². The van der Waals surface area contributed by atoms with E-state index in [1.165, 1.54) is 11.8 Å². The number of rotatable bonds is 6. The number of nitrogens with zero attached hydrogens (tertiary/aromatic N) is 3. The van der Waals surface area contributed by atoms with Gasteiger partial charge in [-0.3, -0.25) is 4.79 Å². The Morgan fingerprint density at radius 2 is 1.76 bits per heavy atom. The molecule has 0 spiro atoms. The van der Waals surface area contributed by atoms with Gasteiger partial charge in [0.1, 0.15) is 0 Å². The van der Waals surface area contributed by atoms with Gasteiger partial charge < -0.3 is 4.57 Å². The highest BCUT2D eigenvalue weighted by atomic mass is 32.2. The van der Waals surface area contributed by atoms with Crippen LogP contribution < -0.4 is 0 Å². The summed E-state index contributed by atoms with van der Waals surface area (Å²) in [6.07, 6.45) is 0. The van der Waals surface area contributed by atoms with E-state index in [0.29, 0.717) is 0 Å². The molecule has 0 aliphatic carbocycles. The summed E-state index contributed by atoms with van der Waals surface area (Å²) in [5.74, 6) is 0.942. The van der Waals surface area contributed by atoms with Gasteiger partial charge in [-0.25, -0.2) is 0 Å². The van der Waals surface area contributed by atoms with Crippen LogP contribution in [0.15, 0.2) is 59.8 Å². The number of hydrogen-bond acceptors (Lipinski definition) is 4. The maximum atomic E-state index is 12.7.